The fourth-order valence-corrected chi connectivity index (χ4v) is 2.02. The van der Waals surface area contributed by atoms with Crippen molar-refractivity contribution in [1.29, 1.82) is 0 Å². The first kappa shape index (κ1) is 12.1. The Bertz CT molecular complexity index is 385. The van der Waals surface area contributed by atoms with Crippen LogP contribution in [-0.4, -0.2) is 27.2 Å². The van der Waals surface area contributed by atoms with Gasteiger partial charge in [-0.05, 0) is 25.8 Å². The lowest BCUT2D eigenvalue weighted by Crippen LogP contribution is -2.26. The van der Waals surface area contributed by atoms with E-state index in [9.17, 15) is 4.79 Å². The van der Waals surface area contributed by atoms with E-state index in [4.69, 9.17) is 5.11 Å². The summed E-state index contributed by atoms with van der Waals surface area (Å²) in [4.78, 5) is 15.0. The van der Waals surface area contributed by atoms with Crippen LogP contribution < -0.4 is 5.32 Å². The zero-order valence-corrected chi connectivity index (χ0v) is 10.1. The SMILES string of the molecule is CCCNC(CC(=O)O)c1cncn1C1CC1. The monoisotopic (exact) mass is 237 g/mol. The lowest BCUT2D eigenvalue weighted by atomic mass is 10.1. The quantitative estimate of drug-likeness (QED) is 0.758. The standard InChI is InChI=1S/C12H19N3O2/c1-2-5-14-10(6-12(16)17)11-7-13-8-15(11)9-3-4-9/h7-10,14H,2-6H2,1H3,(H,16,17). The highest BCUT2D eigenvalue weighted by Crippen LogP contribution is 2.37. The predicted molar refractivity (Wildman–Crippen MR) is 63.8 cm³/mol. The minimum Gasteiger partial charge on any atom is -0.481 e. The molecule has 94 valence electrons. The molecule has 1 atom stereocenters. The average Bonchev–Trinajstić information content (AvgIpc) is 3.02. The van der Waals surface area contributed by atoms with Crippen LogP contribution in [0.1, 0.15) is 50.4 Å². The molecule has 0 spiro atoms. The number of aromatic nitrogens is 2. The smallest absolute Gasteiger partial charge is 0.305 e. The van der Waals surface area contributed by atoms with Crippen molar-refractivity contribution in [2.75, 3.05) is 6.54 Å². The molecule has 0 aliphatic heterocycles. The molecule has 1 saturated carbocycles. The Morgan fingerprint density at radius 1 is 1.71 bits per heavy atom. The van der Waals surface area contributed by atoms with Gasteiger partial charge in [-0.2, -0.15) is 0 Å². The van der Waals surface area contributed by atoms with Crippen molar-refractivity contribution in [3.8, 4) is 0 Å². The van der Waals surface area contributed by atoms with Crippen molar-refractivity contribution in [3.63, 3.8) is 0 Å². The van der Waals surface area contributed by atoms with Crippen LogP contribution >= 0.6 is 0 Å². The maximum Gasteiger partial charge on any atom is 0.305 e. The third-order valence-electron chi connectivity index (χ3n) is 3.01. The maximum absolute atomic E-state index is 10.9. The van der Waals surface area contributed by atoms with E-state index in [2.05, 4.69) is 21.8 Å². The van der Waals surface area contributed by atoms with Gasteiger partial charge in [-0.3, -0.25) is 4.79 Å². The molecule has 1 aromatic rings. The summed E-state index contributed by atoms with van der Waals surface area (Å²) >= 11 is 0. The van der Waals surface area contributed by atoms with E-state index in [0.29, 0.717) is 6.04 Å². The third-order valence-corrected chi connectivity index (χ3v) is 3.01. The summed E-state index contributed by atoms with van der Waals surface area (Å²) in [5.74, 6) is -0.776. The Hall–Kier alpha value is -1.36. The summed E-state index contributed by atoms with van der Waals surface area (Å²) in [7, 11) is 0. The molecule has 0 bridgehead atoms. The number of aliphatic carboxylic acids is 1. The Morgan fingerprint density at radius 3 is 3.06 bits per heavy atom. The number of carboxylic acid groups (broad SMARTS) is 1. The molecule has 1 fully saturated rings. The Balaban J connectivity index is 2.11. The van der Waals surface area contributed by atoms with Crippen LogP contribution in [0.25, 0.3) is 0 Å². The van der Waals surface area contributed by atoms with E-state index in [1.54, 1.807) is 6.20 Å². The zero-order valence-electron chi connectivity index (χ0n) is 10.1. The van der Waals surface area contributed by atoms with Crippen molar-refractivity contribution in [2.24, 2.45) is 0 Å². The summed E-state index contributed by atoms with van der Waals surface area (Å²) in [5, 5.41) is 12.2. The highest BCUT2D eigenvalue weighted by Gasteiger charge is 2.28. The fraction of sp³-hybridized carbons (Fsp3) is 0.667. The van der Waals surface area contributed by atoms with Crippen LogP contribution in [0.5, 0.6) is 0 Å². The summed E-state index contributed by atoms with van der Waals surface area (Å²) in [5.41, 5.74) is 1.00. The largest absolute Gasteiger partial charge is 0.481 e. The molecule has 1 aromatic heterocycles. The highest BCUT2D eigenvalue weighted by molar-refractivity contribution is 5.67. The Labute approximate surface area is 101 Å². The number of hydrogen-bond donors (Lipinski definition) is 2. The molecule has 5 heteroatoms. The minimum atomic E-state index is -0.776. The zero-order chi connectivity index (χ0) is 12.3. The molecule has 5 nitrogen and oxygen atoms in total. The van der Waals surface area contributed by atoms with Gasteiger partial charge in [0.25, 0.3) is 0 Å². The molecule has 2 rings (SSSR count). The molecular formula is C12H19N3O2. The average molecular weight is 237 g/mol. The van der Waals surface area contributed by atoms with Crippen molar-refractivity contribution in [3.05, 3.63) is 18.2 Å². The van der Waals surface area contributed by atoms with E-state index in [1.807, 2.05) is 6.33 Å². The second kappa shape index (κ2) is 5.31. The summed E-state index contributed by atoms with van der Waals surface area (Å²) in [6.07, 6.45) is 7.06. The van der Waals surface area contributed by atoms with Gasteiger partial charge in [-0.15, -0.1) is 0 Å². The molecule has 1 aliphatic rings. The van der Waals surface area contributed by atoms with Gasteiger partial charge in [0.1, 0.15) is 0 Å². The van der Waals surface area contributed by atoms with Gasteiger partial charge in [0.05, 0.1) is 24.5 Å². The van der Waals surface area contributed by atoms with Crippen molar-refractivity contribution >= 4 is 5.97 Å². The third kappa shape index (κ3) is 3.06. The molecule has 0 radical (unpaired) electrons. The molecule has 17 heavy (non-hydrogen) atoms. The maximum atomic E-state index is 10.9. The van der Waals surface area contributed by atoms with Crippen LogP contribution in [0.15, 0.2) is 12.5 Å². The van der Waals surface area contributed by atoms with Crippen LogP contribution in [0.4, 0.5) is 0 Å². The molecule has 0 amide bonds. The first-order valence-corrected chi connectivity index (χ1v) is 6.19. The molecule has 0 aromatic carbocycles. The normalized spacial score (nSPS) is 17.0. The van der Waals surface area contributed by atoms with Gasteiger partial charge < -0.3 is 15.0 Å². The van der Waals surface area contributed by atoms with Crippen molar-refractivity contribution < 1.29 is 9.90 Å². The van der Waals surface area contributed by atoms with Crippen LogP contribution in [0.3, 0.4) is 0 Å². The molecule has 2 N–H and O–H groups in total. The lowest BCUT2D eigenvalue weighted by molar-refractivity contribution is -0.137. The van der Waals surface area contributed by atoms with E-state index < -0.39 is 5.97 Å². The number of carboxylic acids is 1. The summed E-state index contributed by atoms with van der Waals surface area (Å²) in [6, 6.07) is 0.405. The van der Waals surface area contributed by atoms with Crippen molar-refractivity contribution in [2.45, 2.75) is 44.7 Å². The molecule has 1 heterocycles. The predicted octanol–water partition coefficient (Wildman–Crippen LogP) is 1.73. The molecule has 0 saturated heterocycles. The van der Waals surface area contributed by atoms with E-state index in [-0.39, 0.29) is 12.5 Å². The second-order valence-electron chi connectivity index (χ2n) is 4.56. The summed E-state index contributed by atoms with van der Waals surface area (Å²) < 4.78 is 2.12. The molecule has 1 aliphatic carbocycles. The molecule has 1 unspecified atom stereocenters. The Morgan fingerprint density at radius 2 is 2.47 bits per heavy atom. The lowest BCUT2D eigenvalue weighted by Gasteiger charge is -2.18. The van der Waals surface area contributed by atoms with Gasteiger partial charge in [-0.1, -0.05) is 6.92 Å². The minimum absolute atomic E-state index is 0.110. The second-order valence-corrected chi connectivity index (χ2v) is 4.56. The highest BCUT2D eigenvalue weighted by atomic mass is 16.4. The number of nitrogens with zero attached hydrogens (tertiary/aromatic N) is 2. The first-order valence-electron chi connectivity index (χ1n) is 6.19. The Kier molecular flexibility index (Phi) is 3.78. The van der Waals surface area contributed by atoms with Crippen LogP contribution in [0.2, 0.25) is 0 Å². The summed E-state index contributed by atoms with van der Waals surface area (Å²) in [6.45, 7) is 2.90. The number of hydrogen-bond acceptors (Lipinski definition) is 3. The van der Waals surface area contributed by atoms with Gasteiger partial charge >= 0.3 is 5.97 Å². The van der Waals surface area contributed by atoms with Gasteiger partial charge in [0, 0.05) is 12.2 Å². The fourth-order valence-electron chi connectivity index (χ4n) is 2.02. The number of nitrogens with one attached hydrogen (secondary N) is 1. The van der Waals surface area contributed by atoms with E-state index in [0.717, 1.165) is 18.7 Å². The molecular weight excluding hydrogens is 218 g/mol. The first-order chi connectivity index (χ1) is 8.22. The number of carbonyl (C=O) groups is 1. The van der Waals surface area contributed by atoms with Crippen molar-refractivity contribution in [1.82, 2.24) is 14.9 Å². The van der Waals surface area contributed by atoms with Gasteiger partial charge in [-0.25, -0.2) is 4.98 Å². The number of rotatable bonds is 7. The number of imidazole rings is 1. The topological polar surface area (TPSA) is 67.2 Å². The van der Waals surface area contributed by atoms with E-state index >= 15 is 0 Å². The van der Waals surface area contributed by atoms with Gasteiger partial charge in [0.2, 0.25) is 0 Å². The van der Waals surface area contributed by atoms with Gasteiger partial charge in [0.15, 0.2) is 0 Å². The van der Waals surface area contributed by atoms with Crippen LogP contribution in [0, 0.1) is 0 Å². The van der Waals surface area contributed by atoms with E-state index in [1.165, 1.54) is 12.8 Å². The van der Waals surface area contributed by atoms with Crippen LogP contribution in [-0.2, 0) is 4.79 Å².